The summed E-state index contributed by atoms with van der Waals surface area (Å²) in [5, 5.41) is 0. The van der Waals surface area contributed by atoms with E-state index in [-0.39, 0.29) is 25.2 Å². The van der Waals surface area contributed by atoms with Crippen molar-refractivity contribution in [3.8, 4) is 0 Å². The first-order chi connectivity index (χ1) is 34.6. The van der Waals surface area contributed by atoms with Crippen LogP contribution in [0.2, 0.25) is 0 Å². The van der Waals surface area contributed by atoms with Crippen LogP contribution in [0.3, 0.4) is 0 Å². The first-order valence-corrected chi connectivity index (χ1v) is 28.7. The lowest BCUT2D eigenvalue weighted by atomic mass is 10.1. The summed E-state index contributed by atoms with van der Waals surface area (Å²) in [4.78, 5) is 25.5. The van der Waals surface area contributed by atoms with E-state index in [1.165, 1.54) is 83.5 Å². The van der Waals surface area contributed by atoms with Crippen LogP contribution in [0, 0.1) is 0 Å². The van der Waals surface area contributed by atoms with E-state index in [1.54, 1.807) is 0 Å². The maximum atomic E-state index is 12.9. The molecule has 0 bridgehead atoms. The van der Waals surface area contributed by atoms with Crippen molar-refractivity contribution in [1.29, 1.82) is 0 Å². The molecule has 0 amide bonds. The fraction of sp³-hybridized carbons (Fsp3) is 0.631. The molecular formula is C65H106O5. The van der Waals surface area contributed by atoms with Gasteiger partial charge in [0.05, 0.1) is 6.61 Å². The van der Waals surface area contributed by atoms with E-state index in [2.05, 4.69) is 154 Å². The van der Waals surface area contributed by atoms with Crippen molar-refractivity contribution in [3.05, 3.63) is 134 Å². The second-order valence-electron chi connectivity index (χ2n) is 18.4. The Bertz CT molecular complexity index is 1470. The van der Waals surface area contributed by atoms with Gasteiger partial charge in [-0.3, -0.25) is 9.59 Å². The Hall–Kier alpha value is -3.96. The van der Waals surface area contributed by atoms with Crippen LogP contribution in [-0.2, 0) is 23.8 Å². The van der Waals surface area contributed by atoms with Gasteiger partial charge in [-0.15, -0.1) is 0 Å². The minimum absolute atomic E-state index is 0.0354. The SMILES string of the molecule is CC/C=C\C/C=C\C/C=C\C/C=C\C/C=C\CCCCCCOCC(COC(=O)CCC/C=C\C/C=C\C/C=C\C/C=C\C/C=C\CC)OC(=O)CCCCCCCCC/C=C\CCCCCCCC. The van der Waals surface area contributed by atoms with Crippen molar-refractivity contribution in [3.63, 3.8) is 0 Å². The molecule has 0 aromatic carbocycles. The zero-order valence-electron chi connectivity index (χ0n) is 45.5. The molecule has 0 heterocycles. The smallest absolute Gasteiger partial charge is 0.306 e. The standard InChI is InChI=1S/C65H106O5/c1-4-7-10-13-16-19-22-25-28-31-32-33-36-39-42-45-48-51-54-57-60-68-61-63(70-65(67)59-56-53-50-47-44-41-38-35-30-27-24-21-18-15-12-9-6-3)62-69-64(66)58-55-52-49-46-43-40-37-34-29-26-23-20-17-14-11-8-5-2/h7-8,10-11,16-17,19-20,25-30,32-33,37,39-40,42,46,49,63H,4-6,9,12-15,18,21-24,31,34-36,38,41,43-45,47-48,50-62H2,1-3H3/b10-7-,11-8-,19-16-,20-17-,28-25-,29-26-,30-27-,33-32-,40-37-,42-39-,49-46-. The van der Waals surface area contributed by atoms with Crippen molar-refractivity contribution < 1.29 is 23.8 Å². The average Bonchev–Trinajstić information content (AvgIpc) is 3.36. The minimum atomic E-state index is -0.586. The largest absolute Gasteiger partial charge is 0.462 e. The van der Waals surface area contributed by atoms with Gasteiger partial charge in [0.25, 0.3) is 0 Å². The molecule has 0 saturated heterocycles. The second-order valence-corrected chi connectivity index (χ2v) is 18.4. The van der Waals surface area contributed by atoms with Gasteiger partial charge in [0.1, 0.15) is 6.61 Å². The van der Waals surface area contributed by atoms with Gasteiger partial charge in [0.2, 0.25) is 0 Å². The Morgan fingerprint density at radius 1 is 0.329 bits per heavy atom. The van der Waals surface area contributed by atoms with Crippen LogP contribution in [0.15, 0.2) is 134 Å². The third-order valence-electron chi connectivity index (χ3n) is 11.7. The van der Waals surface area contributed by atoms with Crippen molar-refractivity contribution in [2.24, 2.45) is 0 Å². The lowest BCUT2D eigenvalue weighted by molar-refractivity contribution is -0.163. The number of ether oxygens (including phenoxy) is 3. The van der Waals surface area contributed by atoms with Gasteiger partial charge in [0, 0.05) is 19.4 Å². The molecule has 0 N–H and O–H groups in total. The van der Waals surface area contributed by atoms with Crippen LogP contribution < -0.4 is 0 Å². The number of carbonyl (C=O) groups excluding carboxylic acids is 2. The van der Waals surface area contributed by atoms with Gasteiger partial charge >= 0.3 is 11.9 Å². The molecule has 0 rings (SSSR count). The molecule has 0 radical (unpaired) electrons. The summed E-state index contributed by atoms with van der Waals surface area (Å²) in [6.45, 7) is 7.47. The number of hydrogen-bond acceptors (Lipinski definition) is 5. The normalized spacial score (nSPS) is 13.2. The van der Waals surface area contributed by atoms with E-state index in [0.29, 0.717) is 19.4 Å². The van der Waals surface area contributed by atoms with Crippen LogP contribution in [0.1, 0.15) is 239 Å². The average molecular weight is 968 g/mol. The van der Waals surface area contributed by atoms with Gasteiger partial charge in [0.15, 0.2) is 6.10 Å². The third-order valence-corrected chi connectivity index (χ3v) is 11.7. The summed E-state index contributed by atoms with van der Waals surface area (Å²) >= 11 is 0. The molecule has 0 aliphatic heterocycles. The number of unbranched alkanes of at least 4 members (excludes halogenated alkanes) is 18. The number of carbonyl (C=O) groups is 2. The molecule has 0 spiro atoms. The molecule has 0 aliphatic carbocycles. The van der Waals surface area contributed by atoms with E-state index in [4.69, 9.17) is 14.2 Å². The lowest BCUT2D eigenvalue weighted by Gasteiger charge is -2.18. The lowest BCUT2D eigenvalue weighted by Crippen LogP contribution is -2.30. The zero-order chi connectivity index (χ0) is 50.6. The van der Waals surface area contributed by atoms with E-state index < -0.39 is 6.10 Å². The molecule has 0 aliphatic rings. The van der Waals surface area contributed by atoms with Crippen molar-refractivity contribution in [2.45, 2.75) is 245 Å². The predicted molar refractivity (Wildman–Crippen MR) is 306 cm³/mol. The number of allylic oxidation sites excluding steroid dienone is 22. The summed E-state index contributed by atoms with van der Waals surface area (Å²) in [6.07, 6.45) is 84.8. The number of esters is 2. The van der Waals surface area contributed by atoms with Crippen LogP contribution in [0.5, 0.6) is 0 Å². The Kier molecular flexibility index (Phi) is 56.0. The topological polar surface area (TPSA) is 61.8 Å². The molecule has 5 heteroatoms. The highest BCUT2D eigenvalue weighted by atomic mass is 16.6. The molecule has 396 valence electrons. The molecule has 0 fully saturated rings. The van der Waals surface area contributed by atoms with Gasteiger partial charge in [-0.2, -0.15) is 0 Å². The molecule has 70 heavy (non-hydrogen) atoms. The molecule has 0 saturated carbocycles. The first kappa shape index (κ1) is 66.0. The van der Waals surface area contributed by atoms with Crippen molar-refractivity contribution in [2.75, 3.05) is 19.8 Å². The molecule has 1 atom stereocenters. The maximum Gasteiger partial charge on any atom is 0.306 e. The van der Waals surface area contributed by atoms with E-state index in [1.807, 2.05) is 0 Å². The van der Waals surface area contributed by atoms with Crippen molar-refractivity contribution >= 4 is 11.9 Å². The summed E-state index contributed by atoms with van der Waals surface area (Å²) in [7, 11) is 0. The van der Waals surface area contributed by atoms with Crippen LogP contribution in [0.25, 0.3) is 0 Å². The minimum Gasteiger partial charge on any atom is -0.462 e. The Morgan fingerprint density at radius 2 is 0.657 bits per heavy atom. The highest BCUT2D eigenvalue weighted by Crippen LogP contribution is 2.13. The molecular weight excluding hydrogens is 861 g/mol. The van der Waals surface area contributed by atoms with Crippen molar-refractivity contribution in [1.82, 2.24) is 0 Å². The van der Waals surface area contributed by atoms with Gasteiger partial charge < -0.3 is 14.2 Å². The summed E-state index contributed by atoms with van der Waals surface area (Å²) in [5.74, 6) is -0.490. The quantitative estimate of drug-likeness (QED) is 0.0345. The fourth-order valence-corrected chi connectivity index (χ4v) is 7.45. The van der Waals surface area contributed by atoms with Gasteiger partial charge in [-0.25, -0.2) is 0 Å². The van der Waals surface area contributed by atoms with E-state index >= 15 is 0 Å². The highest BCUT2D eigenvalue weighted by molar-refractivity contribution is 5.70. The number of hydrogen-bond donors (Lipinski definition) is 0. The Morgan fingerprint density at radius 3 is 1.09 bits per heavy atom. The monoisotopic (exact) mass is 967 g/mol. The van der Waals surface area contributed by atoms with Gasteiger partial charge in [-0.1, -0.05) is 231 Å². The third kappa shape index (κ3) is 56.6. The summed E-state index contributed by atoms with van der Waals surface area (Å²) in [6, 6.07) is 0. The van der Waals surface area contributed by atoms with Crippen LogP contribution in [-0.4, -0.2) is 37.9 Å². The number of rotatable bonds is 51. The Balaban J connectivity index is 4.45. The van der Waals surface area contributed by atoms with E-state index in [0.717, 1.165) is 122 Å². The molecule has 5 nitrogen and oxygen atoms in total. The van der Waals surface area contributed by atoms with Gasteiger partial charge in [-0.05, 0) is 128 Å². The molecule has 0 aromatic heterocycles. The van der Waals surface area contributed by atoms with Crippen LogP contribution >= 0.6 is 0 Å². The second kappa shape index (κ2) is 59.3. The predicted octanol–water partition coefficient (Wildman–Crippen LogP) is 19.9. The zero-order valence-corrected chi connectivity index (χ0v) is 45.5. The first-order valence-electron chi connectivity index (χ1n) is 28.7. The fourth-order valence-electron chi connectivity index (χ4n) is 7.45. The molecule has 0 aromatic rings. The Labute approximate surface area is 432 Å². The summed E-state index contributed by atoms with van der Waals surface area (Å²) < 4.78 is 17.4. The highest BCUT2D eigenvalue weighted by Gasteiger charge is 2.17. The maximum absolute atomic E-state index is 12.9. The van der Waals surface area contributed by atoms with E-state index in [9.17, 15) is 9.59 Å². The van der Waals surface area contributed by atoms with Crippen LogP contribution in [0.4, 0.5) is 0 Å². The summed E-state index contributed by atoms with van der Waals surface area (Å²) in [5.41, 5.74) is 0. The molecule has 1 unspecified atom stereocenters.